The van der Waals surface area contributed by atoms with Crippen molar-refractivity contribution in [1.29, 1.82) is 0 Å². The summed E-state index contributed by atoms with van der Waals surface area (Å²) in [6.45, 7) is 2.25. The molecule has 0 saturated carbocycles. The fourth-order valence-corrected chi connectivity index (χ4v) is 9.16. The van der Waals surface area contributed by atoms with Gasteiger partial charge in [-0.2, -0.15) is 0 Å². The number of aromatic hydroxyl groups is 1. The van der Waals surface area contributed by atoms with E-state index in [0.717, 1.165) is 0 Å². The first kappa shape index (κ1) is 57.0. The molecule has 410 valence electrons. The number of nitrogens with zero attached hydrogens (tertiary/aromatic N) is 8. The number of ether oxygens (including phenoxy) is 7. The first-order valence-electron chi connectivity index (χ1n) is 24.7. The number of hydrogen-bond acceptors (Lipinski definition) is 23. The van der Waals surface area contributed by atoms with Crippen molar-refractivity contribution in [2.75, 3.05) is 101 Å². The second kappa shape index (κ2) is 26.4. The molecule has 74 heavy (non-hydrogen) atoms. The lowest BCUT2D eigenvalue weighted by molar-refractivity contribution is -0.359. The molecule has 2 fully saturated rings. The molecule has 3 aromatic rings. The molecule has 0 bridgehead atoms. The normalized spacial score (nSPS) is 25.0. The lowest BCUT2D eigenvalue weighted by Crippen LogP contribution is -2.64. The average molecular weight is 1050 g/mol. The van der Waals surface area contributed by atoms with E-state index in [1.807, 2.05) is 38.0 Å². The standard InChI is InChI=1S/C48H70N8O18/c1-52(2)11-6-14-55-43(64)28-8-9-29-35-34(28)30(45(55)66)22-31(36(35)46(67)56(44(29)65)15-7-12-53(3)4)49-10-5-13-54-23-27(50-51-54)26-70-19-18-68-16-17-69-20-21-71-47-41(63)39(61)42(33(25-58)73-47)74-48-40(62)38(60)37(59)32(24-57)72-48/h8-9,22-23,32-33,37-42,47-48,57-63,65H,5-7,10-21,24-26H2,1-4H3/t32-,33-,37+,38+,39-,40-,41-,42-,47-,48+/m1/s1. The van der Waals surface area contributed by atoms with Gasteiger partial charge in [-0.1, -0.05) is 5.21 Å². The molecule has 1 aliphatic carbocycles. The van der Waals surface area contributed by atoms with Crippen molar-refractivity contribution in [3.05, 3.63) is 66.5 Å². The summed E-state index contributed by atoms with van der Waals surface area (Å²) in [5, 5.41) is 92.6. The highest BCUT2D eigenvalue weighted by atomic mass is 16.7. The van der Waals surface area contributed by atoms with E-state index in [-0.39, 0.29) is 82.7 Å². The molecule has 7 rings (SSSR count). The zero-order valence-electron chi connectivity index (χ0n) is 42.0. The van der Waals surface area contributed by atoms with Gasteiger partial charge in [0.15, 0.2) is 12.6 Å². The number of rotatable bonds is 28. The minimum Gasteiger partial charge on any atom is -0.494 e. The first-order chi connectivity index (χ1) is 35.6. The Hall–Kier alpha value is -4.72. The first-order valence-corrected chi connectivity index (χ1v) is 24.7. The van der Waals surface area contributed by atoms with Gasteiger partial charge in [0.1, 0.15) is 54.5 Å². The zero-order valence-corrected chi connectivity index (χ0v) is 42.0. The van der Waals surface area contributed by atoms with Crippen LogP contribution in [-0.2, 0) is 59.4 Å². The molecular weight excluding hydrogens is 977 g/mol. The maximum absolute atomic E-state index is 14.3. The summed E-state index contributed by atoms with van der Waals surface area (Å²) in [7, 11) is 7.69. The molecule has 2 saturated heterocycles. The summed E-state index contributed by atoms with van der Waals surface area (Å²) in [4.78, 5) is 50.9. The maximum Gasteiger partial charge on any atom is 0.263 e. The summed E-state index contributed by atoms with van der Waals surface area (Å²) < 4.78 is 43.0. The molecule has 26 nitrogen and oxygen atoms in total. The molecule has 5 heterocycles. The molecule has 26 heteroatoms. The highest BCUT2D eigenvalue weighted by Gasteiger charge is 2.50. The molecule has 4 aliphatic rings. The summed E-state index contributed by atoms with van der Waals surface area (Å²) in [5.74, 6) is -0.225. The van der Waals surface area contributed by atoms with Crippen molar-refractivity contribution in [1.82, 2.24) is 33.9 Å². The molecule has 10 atom stereocenters. The van der Waals surface area contributed by atoms with Gasteiger partial charge in [-0.05, 0) is 78.7 Å². The molecule has 2 aromatic heterocycles. The summed E-state index contributed by atoms with van der Waals surface area (Å²) in [6, 6.07) is 4.86. The Bertz CT molecular complexity index is 2770. The van der Waals surface area contributed by atoms with E-state index >= 15 is 0 Å². The molecule has 8 N–H and O–H groups in total. The van der Waals surface area contributed by atoms with Crippen LogP contribution in [0.3, 0.4) is 0 Å². The van der Waals surface area contributed by atoms with Crippen LogP contribution in [0.1, 0.15) is 25.0 Å². The number of aliphatic hydroxyl groups excluding tert-OH is 7. The van der Waals surface area contributed by atoms with Crippen molar-refractivity contribution in [2.45, 2.75) is 107 Å². The van der Waals surface area contributed by atoms with Crippen LogP contribution < -0.4 is 22.0 Å². The third-order valence-corrected chi connectivity index (χ3v) is 13.0. The Morgan fingerprint density at radius 1 is 0.676 bits per heavy atom. The predicted molar refractivity (Wildman–Crippen MR) is 262 cm³/mol. The quantitative estimate of drug-likeness (QED) is 0.0175. The van der Waals surface area contributed by atoms with E-state index < -0.39 is 91.3 Å². The minimum absolute atomic E-state index is 0.0643. The average Bonchev–Trinajstić information content (AvgIpc) is 3.84. The smallest absolute Gasteiger partial charge is 0.263 e. The summed E-state index contributed by atoms with van der Waals surface area (Å²) in [6.07, 6.45) is -12.1. The SMILES string of the molecule is CN(C)CCCn1c(O)c2ccc3c4c2c(c(=NCCCn2cc(COCCOCCOCCO[C@@H]5O[C@H](CO)[C@@H](O[C@@H]6O[C@H](CO)[C@H](O)[C@H](O)[C@H]6O)[C@H](O)[C@H]5O)nn2)cc-4c(=O)n(CCCN(C)C)c3=O)c1=O. The van der Waals surface area contributed by atoms with E-state index in [1.165, 1.54) is 9.13 Å². The predicted octanol–water partition coefficient (Wildman–Crippen LogP) is -3.96. The van der Waals surface area contributed by atoms with Gasteiger partial charge in [-0.3, -0.25) is 33.2 Å². The van der Waals surface area contributed by atoms with Gasteiger partial charge >= 0.3 is 0 Å². The largest absolute Gasteiger partial charge is 0.494 e. The molecule has 0 radical (unpaired) electrons. The number of pyridine rings is 2. The van der Waals surface area contributed by atoms with Crippen LogP contribution in [0, 0.1) is 0 Å². The topological polar surface area (TPSA) is 337 Å². The molecule has 0 spiro atoms. The van der Waals surface area contributed by atoms with Crippen LogP contribution >= 0.6 is 0 Å². The van der Waals surface area contributed by atoms with Crippen molar-refractivity contribution in [3.63, 3.8) is 0 Å². The van der Waals surface area contributed by atoms with Gasteiger partial charge in [0.25, 0.3) is 16.7 Å². The highest BCUT2D eigenvalue weighted by molar-refractivity contribution is 6.15. The van der Waals surface area contributed by atoms with Gasteiger partial charge in [0.2, 0.25) is 5.88 Å². The second-order valence-corrected chi connectivity index (χ2v) is 18.9. The van der Waals surface area contributed by atoms with Crippen LogP contribution in [0.2, 0.25) is 0 Å². The van der Waals surface area contributed by atoms with E-state index in [1.54, 1.807) is 29.1 Å². The Morgan fingerprint density at radius 3 is 1.97 bits per heavy atom. The lowest BCUT2D eigenvalue weighted by atomic mass is 9.90. The number of benzene rings is 2. The molecule has 1 aromatic carbocycles. The number of aryl methyl sites for hydroxylation is 1. The fourth-order valence-electron chi connectivity index (χ4n) is 9.16. The third kappa shape index (κ3) is 13.1. The third-order valence-electron chi connectivity index (χ3n) is 13.0. The Balaban J connectivity index is 0.853. The molecule has 0 unspecified atom stereocenters. The molecular formula is C48H70N8O18. The van der Waals surface area contributed by atoms with Gasteiger partial charge in [-0.15, -0.1) is 5.10 Å². The van der Waals surface area contributed by atoms with Crippen LogP contribution in [-0.4, -0.2) is 237 Å². The van der Waals surface area contributed by atoms with E-state index in [4.69, 9.17) is 38.2 Å². The van der Waals surface area contributed by atoms with E-state index in [0.29, 0.717) is 71.7 Å². The van der Waals surface area contributed by atoms with Crippen molar-refractivity contribution in [2.24, 2.45) is 4.99 Å². The lowest BCUT2D eigenvalue weighted by Gasteiger charge is -2.45. The second-order valence-electron chi connectivity index (χ2n) is 18.9. The van der Waals surface area contributed by atoms with E-state index in [2.05, 4.69) is 10.3 Å². The Morgan fingerprint density at radius 2 is 1.30 bits per heavy atom. The van der Waals surface area contributed by atoms with E-state index in [9.17, 15) is 55.2 Å². The van der Waals surface area contributed by atoms with Gasteiger partial charge < -0.3 is 83.8 Å². The van der Waals surface area contributed by atoms with Crippen molar-refractivity contribution < 1.29 is 74.0 Å². The van der Waals surface area contributed by atoms with Gasteiger partial charge in [0.05, 0.1) is 82.0 Å². The van der Waals surface area contributed by atoms with Gasteiger partial charge in [0, 0.05) is 47.9 Å². The van der Waals surface area contributed by atoms with Crippen LogP contribution in [0.15, 0.2) is 43.8 Å². The summed E-state index contributed by atoms with van der Waals surface area (Å²) >= 11 is 0. The van der Waals surface area contributed by atoms with Crippen molar-refractivity contribution in [3.8, 4) is 17.0 Å². The fraction of sp³-hybridized carbons (Fsp3) is 0.667. The number of aliphatic hydroxyl groups is 7. The zero-order chi connectivity index (χ0) is 53.2. The molecule has 0 amide bonds. The minimum atomic E-state index is -1.78. The number of hydrogen-bond donors (Lipinski definition) is 8. The Labute approximate surface area is 424 Å². The maximum atomic E-state index is 14.3. The molecule has 3 aliphatic heterocycles. The van der Waals surface area contributed by atoms with Gasteiger partial charge in [-0.25, -0.2) is 0 Å². The van der Waals surface area contributed by atoms with Crippen LogP contribution in [0.5, 0.6) is 5.88 Å². The van der Waals surface area contributed by atoms with Crippen LogP contribution in [0.25, 0.3) is 32.7 Å². The van der Waals surface area contributed by atoms with Crippen LogP contribution in [0.4, 0.5) is 0 Å². The monoisotopic (exact) mass is 1050 g/mol. The van der Waals surface area contributed by atoms with Crippen molar-refractivity contribution >= 4 is 21.5 Å². The number of aromatic nitrogens is 5. The summed E-state index contributed by atoms with van der Waals surface area (Å²) in [5.41, 5.74) is -0.172. The Kier molecular flexibility index (Phi) is 20.3. The highest BCUT2D eigenvalue weighted by Crippen LogP contribution is 2.37.